The molecule has 1 aliphatic heterocycles. The van der Waals surface area contributed by atoms with Gasteiger partial charge >= 0.3 is 0 Å². The number of nitrogen functional groups attached to an aromatic ring is 1. The number of nitrogens with zero attached hydrogens (tertiary/aromatic N) is 1. The molecule has 1 atom stereocenters. The Morgan fingerprint density at radius 2 is 2.22 bits per heavy atom. The number of aliphatic hydroxyl groups excluding tert-OH is 1. The zero-order valence-corrected chi connectivity index (χ0v) is 10.5. The van der Waals surface area contributed by atoms with E-state index >= 15 is 0 Å². The van der Waals surface area contributed by atoms with Crippen LogP contribution < -0.4 is 5.73 Å². The third kappa shape index (κ3) is 2.21. The highest BCUT2D eigenvalue weighted by molar-refractivity contribution is 7.89. The summed E-state index contributed by atoms with van der Waals surface area (Å²) in [6.45, 7) is 0.0813. The van der Waals surface area contributed by atoms with Gasteiger partial charge in [-0.3, -0.25) is 0 Å². The number of sulfonamides is 1. The number of anilines is 1. The van der Waals surface area contributed by atoms with Gasteiger partial charge in [-0.15, -0.1) is 0 Å². The molecule has 1 heterocycles. The molecule has 1 aromatic carbocycles. The molecule has 7 heteroatoms. The molecule has 3 N–H and O–H groups in total. The van der Waals surface area contributed by atoms with E-state index in [4.69, 9.17) is 10.8 Å². The molecule has 1 saturated heterocycles. The van der Waals surface area contributed by atoms with Gasteiger partial charge in [0.05, 0.1) is 12.3 Å². The number of aliphatic hydroxyl groups is 1. The Labute approximate surface area is 105 Å². The van der Waals surface area contributed by atoms with Crippen LogP contribution in [0.2, 0.25) is 0 Å². The van der Waals surface area contributed by atoms with Gasteiger partial charge < -0.3 is 10.8 Å². The number of benzene rings is 1. The van der Waals surface area contributed by atoms with E-state index < -0.39 is 21.9 Å². The number of nitrogens with two attached hydrogens (primary N) is 1. The Balaban J connectivity index is 2.45. The van der Waals surface area contributed by atoms with Crippen LogP contribution >= 0.6 is 0 Å². The molecule has 1 aliphatic rings. The Morgan fingerprint density at radius 3 is 2.89 bits per heavy atom. The number of rotatable bonds is 3. The fraction of sp³-hybridized carbons (Fsp3) is 0.455. The molecule has 2 rings (SSSR count). The molecule has 100 valence electrons. The van der Waals surface area contributed by atoms with Gasteiger partial charge in [-0.1, -0.05) is 0 Å². The van der Waals surface area contributed by atoms with Crippen molar-refractivity contribution in [2.75, 3.05) is 18.9 Å². The summed E-state index contributed by atoms with van der Waals surface area (Å²) >= 11 is 0. The molecule has 1 aromatic rings. The molecule has 0 spiro atoms. The third-order valence-electron chi connectivity index (χ3n) is 3.10. The maximum atomic E-state index is 13.2. The summed E-state index contributed by atoms with van der Waals surface area (Å²) in [5.41, 5.74) is 5.61. The predicted molar refractivity (Wildman–Crippen MR) is 64.8 cm³/mol. The first kappa shape index (κ1) is 13.3. The van der Waals surface area contributed by atoms with Crippen LogP contribution in [-0.2, 0) is 10.0 Å². The van der Waals surface area contributed by atoms with Crippen molar-refractivity contribution in [3.63, 3.8) is 0 Å². The highest BCUT2D eigenvalue weighted by Crippen LogP contribution is 2.29. The smallest absolute Gasteiger partial charge is 0.245 e. The first-order chi connectivity index (χ1) is 8.46. The summed E-state index contributed by atoms with van der Waals surface area (Å²) in [6, 6.07) is 2.81. The lowest BCUT2D eigenvalue weighted by Gasteiger charge is -2.23. The van der Waals surface area contributed by atoms with E-state index in [1.54, 1.807) is 0 Å². The molecule has 0 unspecified atom stereocenters. The number of halogens is 1. The van der Waals surface area contributed by atoms with Gasteiger partial charge in [0, 0.05) is 12.6 Å². The van der Waals surface area contributed by atoms with Crippen molar-refractivity contribution in [2.24, 2.45) is 0 Å². The van der Waals surface area contributed by atoms with Crippen LogP contribution in [0.5, 0.6) is 0 Å². The average Bonchev–Trinajstić information content (AvgIpc) is 2.81. The van der Waals surface area contributed by atoms with Gasteiger partial charge in [0.1, 0.15) is 10.7 Å². The lowest BCUT2D eigenvalue weighted by atomic mass is 10.2. The molecule has 0 saturated carbocycles. The van der Waals surface area contributed by atoms with E-state index in [2.05, 4.69) is 0 Å². The van der Waals surface area contributed by atoms with E-state index in [0.29, 0.717) is 19.4 Å². The molecule has 0 aromatic heterocycles. The standard InChI is InChI=1S/C11H15FN2O3S/c12-8-3-4-10(13)11(6-8)18(16,17)14-5-1-2-9(14)7-15/h3-4,6,9,15H,1-2,5,7,13H2/t9-/m0/s1. The zero-order chi connectivity index (χ0) is 13.3. The highest BCUT2D eigenvalue weighted by Gasteiger charge is 2.35. The quantitative estimate of drug-likeness (QED) is 0.789. The molecule has 5 nitrogen and oxygen atoms in total. The number of hydrogen-bond acceptors (Lipinski definition) is 4. The molecule has 0 amide bonds. The molecule has 0 radical (unpaired) electrons. The van der Waals surface area contributed by atoms with Crippen LogP contribution in [0.15, 0.2) is 23.1 Å². The summed E-state index contributed by atoms with van der Waals surface area (Å²) in [7, 11) is -3.84. The monoisotopic (exact) mass is 274 g/mol. The van der Waals surface area contributed by atoms with E-state index in [0.717, 1.165) is 12.1 Å². The summed E-state index contributed by atoms with van der Waals surface area (Å²) < 4.78 is 39.0. The molecular weight excluding hydrogens is 259 g/mol. The van der Waals surface area contributed by atoms with Gasteiger partial charge in [-0.2, -0.15) is 4.31 Å². The Hall–Kier alpha value is -1.18. The van der Waals surface area contributed by atoms with Gasteiger partial charge in [0.25, 0.3) is 0 Å². The molecular formula is C11H15FN2O3S. The van der Waals surface area contributed by atoms with Gasteiger partial charge in [-0.25, -0.2) is 12.8 Å². The van der Waals surface area contributed by atoms with Crippen LogP contribution in [0.25, 0.3) is 0 Å². The highest BCUT2D eigenvalue weighted by atomic mass is 32.2. The van der Waals surface area contributed by atoms with Crippen LogP contribution in [-0.4, -0.2) is 37.0 Å². The van der Waals surface area contributed by atoms with Gasteiger partial charge in [0.2, 0.25) is 10.0 Å². The summed E-state index contributed by atoms with van der Waals surface area (Å²) in [6.07, 6.45) is 1.28. The zero-order valence-electron chi connectivity index (χ0n) is 9.71. The average molecular weight is 274 g/mol. The molecule has 18 heavy (non-hydrogen) atoms. The minimum atomic E-state index is -3.84. The second-order valence-corrected chi connectivity index (χ2v) is 6.14. The molecule has 0 bridgehead atoms. The Morgan fingerprint density at radius 1 is 1.50 bits per heavy atom. The maximum absolute atomic E-state index is 13.2. The summed E-state index contributed by atoms with van der Waals surface area (Å²) in [5.74, 6) is -0.650. The fourth-order valence-electron chi connectivity index (χ4n) is 2.17. The maximum Gasteiger partial charge on any atom is 0.245 e. The Kier molecular flexibility index (Phi) is 3.56. The largest absolute Gasteiger partial charge is 0.398 e. The lowest BCUT2D eigenvalue weighted by Crippen LogP contribution is -2.37. The fourth-order valence-corrected chi connectivity index (χ4v) is 3.98. The van der Waals surface area contributed by atoms with Gasteiger partial charge in [-0.05, 0) is 31.0 Å². The second kappa shape index (κ2) is 4.83. The van der Waals surface area contributed by atoms with Crippen molar-refractivity contribution in [2.45, 2.75) is 23.8 Å². The van der Waals surface area contributed by atoms with Crippen LogP contribution in [0.4, 0.5) is 10.1 Å². The van der Waals surface area contributed by atoms with E-state index in [1.165, 1.54) is 10.4 Å². The predicted octanol–water partition coefficient (Wildman–Crippen LogP) is 0.553. The van der Waals surface area contributed by atoms with Crippen molar-refractivity contribution in [1.29, 1.82) is 0 Å². The van der Waals surface area contributed by atoms with E-state index in [9.17, 15) is 12.8 Å². The number of hydrogen-bond donors (Lipinski definition) is 2. The van der Waals surface area contributed by atoms with Crippen molar-refractivity contribution in [3.8, 4) is 0 Å². The van der Waals surface area contributed by atoms with Crippen LogP contribution in [0.1, 0.15) is 12.8 Å². The summed E-state index contributed by atoms with van der Waals surface area (Å²) in [4.78, 5) is -0.233. The lowest BCUT2D eigenvalue weighted by molar-refractivity contribution is 0.213. The third-order valence-corrected chi connectivity index (χ3v) is 5.10. The Bertz CT molecular complexity index is 547. The van der Waals surface area contributed by atoms with E-state index in [-0.39, 0.29) is 17.2 Å². The van der Waals surface area contributed by atoms with Gasteiger partial charge in [0.15, 0.2) is 0 Å². The van der Waals surface area contributed by atoms with Crippen molar-refractivity contribution in [1.82, 2.24) is 4.31 Å². The van der Waals surface area contributed by atoms with E-state index in [1.807, 2.05) is 0 Å². The molecule has 1 fully saturated rings. The van der Waals surface area contributed by atoms with Crippen molar-refractivity contribution in [3.05, 3.63) is 24.0 Å². The molecule has 0 aliphatic carbocycles. The summed E-state index contributed by atoms with van der Waals surface area (Å²) in [5, 5.41) is 9.16. The minimum Gasteiger partial charge on any atom is -0.398 e. The van der Waals surface area contributed by atoms with Crippen molar-refractivity contribution < 1.29 is 17.9 Å². The topological polar surface area (TPSA) is 83.6 Å². The van der Waals surface area contributed by atoms with Crippen molar-refractivity contribution >= 4 is 15.7 Å². The minimum absolute atomic E-state index is 0.0139. The first-order valence-electron chi connectivity index (χ1n) is 5.64. The normalized spacial score (nSPS) is 21.3. The van der Waals surface area contributed by atoms with Crippen LogP contribution in [0.3, 0.4) is 0 Å². The first-order valence-corrected chi connectivity index (χ1v) is 7.08. The second-order valence-electron chi connectivity index (χ2n) is 4.28. The van der Waals surface area contributed by atoms with Crippen LogP contribution in [0, 0.1) is 5.82 Å². The SMILES string of the molecule is Nc1ccc(F)cc1S(=O)(=O)N1CCC[C@H]1CO.